The summed E-state index contributed by atoms with van der Waals surface area (Å²) in [7, 11) is 1.61. The smallest absolute Gasteiger partial charge is 0.124 e. The average Bonchev–Trinajstić information content (AvgIpc) is 2.28. The van der Waals surface area contributed by atoms with Gasteiger partial charge in [-0.05, 0) is 24.1 Å². The molecule has 3 nitrogen and oxygen atoms in total. The highest BCUT2D eigenvalue weighted by Gasteiger charge is 2.08. The Morgan fingerprint density at radius 1 is 1.41 bits per heavy atom. The number of ether oxygens (including phenoxy) is 2. The molecule has 0 aliphatic carbocycles. The standard InChI is InChI=1S/C12H17ClFNO2/c1-16-4-5-17-8-11(15)6-9-2-3-10(14)7-12(9)13/h2-3,7,11H,4-6,8,15H2,1H3. The van der Waals surface area contributed by atoms with Gasteiger partial charge in [-0.3, -0.25) is 0 Å². The van der Waals surface area contributed by atoms with E-state index in [1.165, 1.54) is 12.1 Å². The molecule has 0 saturated heterocycles. The van der Waals surface area contributed by atoms with Crippen LogP contribution in [0.2, 0.25) is 5.02 Å². The van der Waals surface area contributed by atoms with Gasteiger partial charge in [0.1, 0.15) is 5.82 Å². The molecule has 1 aromatic carbocycles. The molecule has 1 rings (SSSR count). The minimum absolute atomic E-state index is 0.158. The number of rotatable bonds is 7. The lowest BCUT2D eigenvalue weighted by molar-refractivity contribution is 0.0637. The molecule has 0 heterocycles. The molecular weight excluding hydrogens is 245 g/mol. The molecule has 0 aromatic heterocycles. The Hall–Kier alpha value is -0.680. The van der Waals surface area contributed by atoms with Gasteiger partial charge in [0.15, 0.2) is 0 Å². The zero-order chi connectivity index (χ0) is 12.7. The van der Waals surface area contributed by atoms with Crippen molar-refractivity contribution in [3.05, 3.63) is 34.6 Å². The second-order valence-electron chi connectivity index (χ2n) is 3.77. The van der Waals surface area contributed by atoms with Crippen molar-refractivity contribution in [2.24, 2.45) is 5.73 Å². The van der Waals surface area contributed by atoms with Gasteiger partial charge in [-0.1, -0.05) is 17.7 Å². The maximum Gasteiger partial charge on any atom is 0.124 e. The summed E-state index contributed by atoms with van der Waals surface area (Å²) in [5.74, 6) is -0.344. The third-order valence-electron chi connectivity index (χ3n) is 2.26. The van der Waals surface area contributed by atoms with E-state index < -0.39 is 0 Å². The molecule has 5 heteroatoms. The van der Waals surface area contributed by atoms with E-state index in [4.69, 9.17) is 26.8 Å². The molecule has 17 heavy (non-hydrogen) atoms. The Labute approximate surface area is 106 Å². The highest BCUT2D eigenvalue weighted by molar-refractivity contribution is 6.31. The molecular formula is C12H17ClFNO2. The van der Waals surface area contributed by atoms with Crippen LogP contribution in [0.25, 0.3) is 0 Å². The maximum atomic E-state index is 12.8. The highest BCUT2D eigenvalue weighted by atomic mass is 35.5. The van der Waals surface area contributed by atoms with Crippen molar-refractivity contribution in [3.8, 4) is 0 Å². The Morgan fingerprint density at radius 2 is 2.18 bits per heavy atom. The van der Waals surface area contributed by atoms with Crippen molar-refractivity contribution < 1.29 is 13.9 Å². The molecule has 2 N–H and O–H groups in total. The van der Waals surface area contributed by atoms with Crippen molar-refractivity contribution in [1.29, 1.82) is 0 Å². The average molecular weight is 262 g/mol. The first-order chi connectivity index (χ1) is 8.13. The first-order valence-electron chi connectivity index (χ1n) is 5.39. The van der Waals surface area contributed by atoms with Gasteiger partial charge < -0.3 is 15.2 Å². The summed E-state index contributed by atoms with van der Waals surface area (Å²) in [4.78, 5) is 0. The van der Waals surface area contributed by atoms with Gasteiger partial charge in [0.25, 0.3) is 0 Å². The van der Waals surface area contributed by atoms with E-state index in [9.17, 15) is 4.39 Å². The molecule has 0 amide bonds. The van der Waals surface area contributed by atoms with E-state index in [-0.39, 0.29) is 11.9 Å². The zero-order valence-corrected chi connectivity index (χ0v) is 10.5. The molecule has 0 spiro atoms. The number of hydrogen-bond acceptors (Lipinski definition) is 3. The van der Waals surface area contributed by atoms with E-state index in [1.54, 1.807) is 13.2 Å². The monoisotopic (exact) mass is 261 g/mol. The summed E-state index contributed by atoms with van der Waals surface area (Å²) in [6, 6.07) is 4.15. The number of halogens is 2. The summed E-state index contributed by atoms with van der Waals surface area (Å²) in [5, 5.41) is 0.400. The first-order valence-corrected chi connectivity index (χ1v) is 5.77. The third kappa shape index (κ3) is 5.46. The minimum Gasteiger partial charge on any atom is -0.382 e. The van der Waals surface area contributed by atoms with Crippen LogP contribution in [0, 0.1) is 5.82 Å². The lowest BCUT2D eigenvalue weighted by Crippen LogP contribution is -2.29. The van der Waals surface area contributed by atoms with Gasteiger partial charge in [-0.25, -0.2) is 4.39 Å². The van der Waals surface area contributed by atoms with Crippen molar-refractivity contribution in [1.82, 2.24) is 0 Å². The fourth-order valence-electron chi connectivity index (χ4n) is 1.41. The summed E-state index contributed by atoms with van der Waals surface area (Å²) in [6.07, 6.45) is 0.562. The lowest BCUT2D eigenvalue weighted by atomic mass is 10.1. The molecule has 0 fully saturated rings. The zero-order valence-electron chi connectivity index (χ0n) is 9.79. The van der Waals surface area contributed by atoms with E-state index in [2.05, 4.69) is 0 Å². The third-order valence-corrected chi connectivity index (χ3v) is 2.61. The molecule has 1 atom stereocenters. The SMILES string of the molecule is COCCOCC(N)Cc1ccc(F)cc1Cl. The second kappa shape index (κ2) is 7.61. The van der Waals surface area contributed by atoms with Crippen LogP contribution in [0.5, 0.6) is 0 Å². The normalized spacial score (nSPS) is 12.7. The van der Waals surface area contributed by atoms with Crippen LogP contribution in [0.4, 0.5) is 4.39 Å². The number of nitrogens with two attached hydrogens (primary N) is 1. The summed E-state index contributed by atoms with van der Waals surface area (Å²) in [5.41, 5.74) is 6.71. The van der Waals surface area contributed by atoms with Gasteiger partial charge in [0.2, 0.25) is 0 Å². The molecule has 0 bridgehead atoms. The molecule has 96 valence electrons. The van der Waals surface area contributed by atoms with Gasteiger partial charge in [0.05, 0.1) is 19.8 Å². The number of benzene rings is 1. The van der Waals surface area contributed by atoms with Gasteiger partial charge >= 0.3 is 0 Å². The van der Waals surface area contributed by atoms with Gasteiger partial charge in [-0.15, -0.1) is 0 Å². The lowest BCUT2D eigenvalue weighted by Gasteiger charge is -2.13. The van der Waals surface area contributed by atoms with Crippen LogP contribution < -0.4 is 5.73 Å². The number of methoxy groups -OCH3 is 1. The minimum atomic E-state index is -0.344. The molecule has 0 radical (unpaired) electrons. The topological polar surface area (TPSA) is 44.5 Å². The van der Waals surface area contributed by atoms with Crippen LogP contribution in [0.3, 0.4) is 0 Å². The van der Waals surface area contributed by atoms with E-state index >= 15 is 0 Å². The summed E-state index contributed by atoms with van der Waals surface area (Å²) in [6.45, 7) is 1.49. The second-order valence-corrected chi connectivity index (χ2v) is 4.17. The van der Waals surface area contributed by atoms with Crippen LogP contribution in [-0.4, -0.2) is 33.0 Å². The van der Waals surface area contributed by atoms with Crippen LogP contribution in [0.15, 0.2) is 18.2 Å². The van der Waals surface area contributed by atoms with E-state index in [1.807, 2.05) is 0 Å². The Kier molecular flexibility index (Phi) is 6.44. The Bertz CT molecular complexity index is 349. The molecule has 1 aromatic rings. The summed E-state index contributed by atoms with van der Waals surface area (Å²) >= 11 is 5.90. The van der Waals surface area contributed by atoms with Crippen molar-refractivity contribution in [2.75, 3.05) is 26.9 Å². The molecule has 0 saturated carbocycles. The van der Waals surface area contributed by atoms with Crippen LogP contribution in [0.1, 0.15) is 5.56 Å². The van der Waals surface area contributed by atoms with Crippen LogP contribution >= 0.6 is 11.6 Å². The highest BCUT2D eigenvalue weighted by Crippen LogP contribution is 2.18. The van der Waals surface area contributed by atoms with Gasteiger partial charge in [-0.2, -0.15) is 0 Å². The van der Waals surface area contributed by atoms with Crippen LogP contribution in [-0.2, 0) is 15.9 Å². The molecule has 1 unspecified atom stereocenters. The van der Waals surface area contributed by atoms with Crippen molar-refractivity contribution in [3.63, 3.8) is 0 Å². The van der Waals surface area contributed by atoms with Crippen molar-refractivity contribution >= 4 is 11.6 Å². The van der Waals surface area contributed by atoms with Gasteiger partial charge in [0, 0.05) is 18.2 Å². The van der Waals surface area contributed by atoms with Crippen molar-refractivity contribution in [2.45, 2.75) is 12.5 Å². The largest absolute Gasteiger partial charge is 0.382 e. The Morgan fingerprint density at radius 3 is 2.82 bits per heavy atom. The molecule has 0 aliphatic rings. The fourth-order valence-corrected chi connectivity index (χ4v) is 1.65. The fraction of sp³-hybridized carbons (Fsp3) is 0.500. The quantitative estimate of drug-likeness (QED) is 0.764. The molecule has 0 aliphatic heterocycles. The maximum absolute atomic E-state index is 12.8. The predicted molar refractivity (Wildman–Crippen MR) is 65.8 cm³/mol. The first kappa shape index (κ1) is 14.4. The Balaban J connectivity index is 2.37. The summed E-state index contributed by atoms with van der Waals surface area (Å²) < 4.78 is 23.0. The predicted octanol–water partition coefficient (Wildman–Crippen LogP) is 2.01. The number of hydrogen-bond donors (Lipinski definition) is 1. The van der Waals surface area contributed by atoms with E-state index in [0.29, 0.717) is 31.3 Å². The van der Waals surface area contributed by atoms with E-state index in [0.717, 1.165) is 5.56 Å².